The Morgan fingerprint density at radius 2 is 1.45 bits per heavy atom. The van der Waals surface area contributed by atoms with Crippen molar-refractivity contribution < 1.29 is 9.90 Å². The van der Waals surface area contributed by atoms with Crippen molar-refractivity contribution in [2.45, 2.75) is 77.6 Å². The molecule has 124 valence electrons. The maximum Gasteiger partial charge on any atom is 0.311 e. The number of unbranched alkanes of at least 4 members (excludes halogenated alkanes) is 5. The summed E-state index contributed by atoms with van der Waals surface area (Å²) in [6.45, 7) is 4.41. The lowest BCUT2D eigenvalue weighted by atomic mass is 9.79. The highest BCUT2D eigenvalue weighted by molar-refractivity contribution is 5.76. The van der Waals surface area contributed by atoms with Crippen LogP contribution in [0.4, 0.5) is 0 Å². The average molecular weight is 304 g/mol. The zero-order chi connectivity index (χ0) is 16.2. The minimum absolute atomic E-state index is 0.267. The van der Waals surface area contributed by atoms with Crippen molar-refractivity contribution in [3.8, 4) is 0 Å². The topological polar surface area (TPSA) is 37.3 Å². The summed E-state index contributed by atoms with van der Waals surface area (Å²) in [6.07, 6.45) is 10.5. The highest BCUT2D eigenvalue weighted by atomic mass is 16.4. The van der Waals surface area contributed by atoms with Gasteiger partial charge in [-0.1, -0.05) is 89.1 Å². The number of carboxylic acid groups (broad SMARTS) is 1. The van der Waals surface area contributed by atoms with Gasteiger partial charge >= 0.3 is 5.97 Å². The second-order valence-electron chi connectivity index (χ2n) is 6.33. The number of rotatable bonds is 12. The molecule has 1 aromatic rings. The molecule has 1 N–H and O–H groups in total. The second kappa shape index (κ2) is 11.3. The molecule has 2 unspecified atom stereocenters. The van der Waals surface area contributed by atoms with Gasteiger partial charge < -0.3 is 5.11 Å². The van der Waals surface area contributed by atoms with Gasteiger partial charge in [0.1, 0.15) is 0 Å². The van der Waals surface area contributed by atoms with Gasteiger partial charge in [0.05, 0.1) is 5.92 Å². The van der Waals surface area contributed by atoms with Crippen LogP contribution in [0, 0.1) is 5.92 Å². The molecule has 2 heteroatoms. The number of benzene rings is 1. The van der Waals surface area contributed by atoms with E-state index in [4.69, 9.17) is 0 Å². The molecular formula is C20H32O2. The fourth-order valence-electron chi connectivity index (χ4n) is 3.24. The molecule has 1 aromatic carbocycles. The van der Waals surface area contributed by atoms with Gasteiger partial charge in [-0.15, -0.1) is 0 Å². The van der Waals surface area contributed by atoms with Crippen molar-refractivity contribution in [2.75, 3.05) is 0 Å². The molecular weight excluding hydrogens is 272 g/mol. The summed E-state index contributed by atoms with van der Waals surface area (Å²) in [5.74, 6) is -0.744. The molecule has 0 bridgehead atoms. The van der Waals surface area contributed by atoms with Crippen molar-refractivity contribution in [3.05, 3.63) is 35.9 Å². The molecule has 22 heavy (non-hydrogen) atoms. The van der Waals surface area contributed by atoms with E-state index in [2.05, 4.69) is 13.8 Å². The summed E-state index contributed by atoms with van der Waals surface area (Å²) >= 11 is 0. The number of aliphatic carboxylic acids is 1. The third-order valence-corrected chi connectivity index (χ3v) is 4.50. The number of hydrogen-bond donors (Lipinski definition) is 1. The molecule has 0 heterocycles. The summed E-state index contributed by atoms with van der Waals surface area (Å²) in [4.78, 5) is 11.9. The molecule has 0 fully saturated rings. The van der Waals surface area contributed by atoms with Crippen molar-refractivity contribution in [3.63, 3.8) is 0 Å². The monoisotopic (exact) mass is 304 g/mol. The van der Waals surface area contributed by atoms with Crippen molar-refractivity contribution >= 4 is 5.97 Å². The van der Waals surface area contributed by atoms with Crippen molar-refractivity contribution in [2.24, 2.45) is 5.92 Å². The zero-order valence-corrected chi connectivity index (χ0v) is 14.3. The molecule has 0 aliphatic carbocycles. The molecule has 1 rings (SSSR count). The standard InChI is InChI=1S/C20H32O2/c1-3-5-7-10-14-17(13-9-6-4-2)19(20(21)22)18-15-11-8-12-16-18/h8,11-12,15-17,19H,3-7,9-10,13-14H2,1-2H3,(H,21,22). The SMILES string of the molecule is CCCCCCC(CCCCC)C(C(=O)O)c1ccccc1. The zero-order valence-electron chi connectivity index (χ0n) is 14.3. The lowest BCUT2D eigenvalue weighted by Gasteiger charge is -2.24. The van der Waals surface area contributed by atoms with E-state index < -0.39 is 5.97 Å². The van der Waals surface area contributed by atoms with Gasteiger partial charge in [-0.05, 0) is 24.3 Å². The summed E-state index contributed by atoms with van der Waals surface area (Å²) < 4.78 is 0. The molecule has 0 aliphatic heterocycles. The predicted molar refractivity (Wildman–Crippen MR) is 93.2 cm³/mol. The molecule has 2 atom stereocenters. The van der Waals surface area contributed by atoms with E-state index in [0.29, 0.717) is 0 Å². The van der Waals surface area contributed by atoms with Crippen LogP contribution in [0.3, 0.4) is 0 Å². The average Bonchev–Trinajstić information content (AvgIpc) is 2.52. The first-order valence-corrected chi connectivity index (χ1v) is 8.98. The Bertz CT molecular complexity index is 399. The Hall–Kier alpha value is -1.31. The predicted octanol–water partition coefficient (Wildman–Crippen LogP) is 6.02. The van der Waals surface area contributed by atoms with E-state index in [-0.39, 0.29) is 11.8 Å². The molecule has 0 saturated carbocycles. The Morgan fingerprint density at radius 1 is 0.909 bits per heavy atom. The van der Waals surface area contributed by atoms with Crippen LogP contribution in [0.5, 0.6) is 0 Å². The van der Waals surface area contributed by atoms with Gasteiger partial charge in [0, 0.05) is 0 Å². The first-order valence-electron chi connectivity index (χ1n) is 8.98. The lowest BCUT2D eigenvalue weighted by molar-refractivity contribution is -0.140. The number of hydrogen-bond acceptors (Lipinski definition) is 1. The summed E-state index contributed by atoms with van der Waals surface area (Å²) in [5.41, 5.74) is 0.965. The van der Waals surface area contributed by atoms with E-state index in [1.54, 1.807) is 0 Å². The van der Waals surface area contributed by atoms with Gasteiger partial charge in [0.2, 0.25) is 0 Å². The Kier molecular flexibility index (Phi) is 9.61. The summed E-state index contributed by atoms with van der Waals surface area (Å²) in [7, 11) is 0. The maximum absolute atomic E-state index is 11.9. The first kappa shape index (κ1) is 18.7. The van der Waals surface area contributed by atoms with Crippen LogP contribution in [-0.4, -0.2) is 11.1 Å². The fourth-order valence-corrected chi connectivity index (χ4v) is 3.24. The minimum atomic E-state index is -0.664. The van der Waals surface area contributed by atoms with Crippen molar-refractivity contribution in [1.29, 1.82) is 0 Å². The molecule has 0 radical (unpaired) electrons. The Labute approximate surface area is 135 Å². The van der Waals surface area contributed by atoms with Crippen LogP contribution >= 0.6 is 0 Å². The van der Waals surface area contributed by atoms with Gasteiger partial charge in [-0.2, -0.15) is 0 Å². The molecule has 0 saturated heterocycles. The largest absolute Gasteiger partial charge is 0.481 e. The molecule has 0 spiro atoms. The first-order chi connectivity index (χ1) is 10.7. The third-order valence-electron chi connectivity index (χ3n) is 4.50. The highest BCUT2D eigenvalue weighted by Crippen LogP contribution is 2.33. The van der Waals surface area contributed by atoms with Crippen LogP contribution in [0.1, 0.15) is 83.1 Å². The third kappa shape index (κ3) is 6.64. The molecule has 0 aliphatic rings. The smallest absolute Gasteiger partial charge is 0.311 e. The molecule has 2 nitrogen and oxygen atoms in total. The molecule has 0 aromatic heterocycles. The summed E-state index contributed by atoms with van der Waals surface area (Å²) in [6, 6.07) is 9.79. The summed E-state index contributed by atoms with van der Waals surface area (Å²) in [5, 5.41) is 9.76. The normalized spacial score (nSPS) is 13.7. The van der Waals surface area contributed by atoms with E-state index >= 15 is 0 Å². The lowest BCUT2D eigenvalue weighted by Crippen LogP contribution is -2.22. The van der Waals surface area contributed by atoms with Crippen LogP contribution in [0.25, 0.3) is 0 Å². The van der Waals surface area contributed by atoms with Gasteiger partial charge in [0.15, 0.2) is 0 Å². The van der Waals surface area contributed by atoms with Gasteiger partial charge in [-0.25, -0.2) is 0 Å². The van der Waals surface area contributed by atoms with Crippen LogP contribution in [-0.2, 0) is 4.79 Å². The van der Waals surface area contributed by atoms with E-state index in [1.807, 2.05) is 30.3 Å². The minimum Gasteiger partial charge on any atom is -0.481 e. The van der Waals surface area contributed by atoms with Crippen LogP contribution in [0.2, 0.25) is 0 Å². The number of carboxylic acids is 1. The van der Waals surface area contributed by atoms with E-state index in [9.17, 15) is 9.90 Å². The highest BCUT2D eigenvalue weighted by Gasteiger charge is 2.28. The van der Waals surface area contributed by atoms with Crippen molar-refractivity contribution in [1.82, 2.24) is 0 Å². The van der Waals surface area contributed by atoms with Gasteiger partial charge in [0.25, 0.3) is 0 Å². The van der Waals surface area contributed by atoms with E-state index in [1.165, 1.54) is 32.1 Å². The van der Waals surface area contributed by atoms with Crippen LogP contribution in [0.15, 0.2) is 30.3 Å². The fraction of sp³-hybridized carbons (Fsp3) is 0.650. The van der Waals surface area contributed by atoms with Gasteiger partial charge in [-0.3, -0.25) is 4.79 Å². The second-order valence-corrected chi connectivity index (χ2v) is 6.33. The quantitative estimate of drug-likeness (QED) is 0.479. The Balaban J connectivity index is 2.76. The maximum atomic E-state index is 11.9. The number of carbonyl (C=O) groups is 1. The molecule has 0 amide bonds. The van der Waals surface area contributed by atoms with E-state index in [0.717, 1.165) is 31.2 Å². The van der Waals surface area contributed by atoms with Crippen LogP contribution < -0.4 is 0 Å². The Morgan fingerprint density at radius 3 is 2.00 bits per heavy atom.